The average Bonchev–Trinajstić information content (AvgIpc) is 2.83. The van der Waals surface area contributed by atoms with Crippen molar-refractivity contribution in [3.05, 3.63) is 47.8 Å². The molecule has 0 aliphatic carbocycles. The third kappa shape index (κ3) is 3.09. The topological polar surface area (TPSA) is 42.2 Å². The molecule has 21 heavy (non-hydrogen) atoms. The average molecular weight is 297 g/mol. The van der Waals surface area contributed by atoms with Gasteiger partial charge in [-0.15, -0.1) is 0 Å². The first-order valence-corrected chi connectivity index (χ1v) is 6.32. The Morgan fingerprint density at radius 3 is 2.43 bits per heavy atom. The highest BCUT2D eigenvalue weighted by Gasteiger charge is 2.30. The van der Waals surface area contributed by atoms with Crippen LogP contribution in [0.3, 0.4) is 0 Å². The van der Waals surface area contributed by atoms with Gasteiger partial charge >= 0.3 is 12.1 Å². The Balaban J connectivity index is 2.58. The van der Waals surface area contributed by atoms with Gasteiger partial charge in [0.2, 0.25) is 0 Å². The molecule has 2 rings (SSSR count). The van der Waals surface area contributed by atoms with Crippen molar-refractivity contribution in [1.82, 2.24) is 4.57 Å². The van der Waals surface area contributed by atoms with Gasteiger partial charge in [-0.1, -0.05) is 12.1 Å². The van der Waals surface area contributed by atoms with E-state index in [1.54, 1.807) is 10.8 Å². The Hall–Kier alpha value is -2.24. The number of aromatic carboxylic acids is 1. The molecule has 0 saturated carbocycles. The van der Waals surface area contributed by atoms with E-state index in [9.17, 15) is 23.1 Å². The fraction of sp³-hybridized carbons (Fsp3) is 0.267. The van der Waals surface area contributed by atoms with Crippen molar-refractivity contribution < 1.29 is 23.1 Å². The number of halogens is 3. The Kier molecular flexibility index (Phi) is 3.80. The first kappa shape index (κ1) is 15.2. The van der Waals surface area contributed by atoms with E-state index in [1.165, 1.54) is 18.3 Å². The van der Waals surface area contributed by atoms with Gasteiger partial charge in [0.25, 0.3) is 0 Å². The van der Waals surface area contributed by atoms with Crippen molar-refractivity contribution in [2.24, 2.45) is 0 Å². The van der Waals surface area contributed by atoms with Crippen LogP contribution in [0, 0.1) is 0 Å². The van der Waals surface area contributed by atoms with E-state index < -0.39 is 17.7 Å². The number of alkyl halides is 3. The van der Waals surface area contributed by atoms with E-state index in [1.807, 2.05) is 13.8 Å². The molecule has 2 aromatic rings. The number of carboxylic acids is 1. The van der Waals surface area contributed by atoms with Gasteiger partial charge < -0.3 is 9.67 Å². The monoisotopic (exact) mass is 297 g/mol. The minimum atomic E-state index is -4.46. The molecule has 1 aromatic carbocycles. The smallest absolute Gasteiger partial charge is 0.416 e. The molecule has 0 spiro atoms. The molecule has 0 saturated heterocycles. The number of rotatable bonds is 3. The highest BCUT2D eigenvalue weighted by atomic mass is 19.4. The van der Waals surface area contributed by atoms with Crippen molar-refractivity contribution in [1.29, 1.82) is 0 Å². The minimum Gasteiger partial charge on any atom is -0.478 e. The summed E-state index contributed by atoms with van der Waals surface area (Å²) in [5, 5.41) is 9.22. The minimum absolute atomic E-state index is 0.0111. The number of hydrogen-bond acceptors (Lipinski definition) is 1. The summed E-state index contributed by atoms with van der Waals surface area (Å²) in [6.45, 7) is 3.73. The molecule has 1 aromatic heterocycles. The van der Waals surface area contributed by atoms with Crippen LogP contribution in [0.25, 0.3) is 11.1 Å². The maximum absolute atomic E-state index is 12.8. The zero-order valence-corrected chi connectivity index (χ0v) is 11.5. The molecule has 0 fully saturated rings. The Bertz CT molecular complexity index is 672. The SMILES string of the molecule is CC(C)n1cc(C(=O)O)c(-c2cccc(C(F)(F)F)c2)c1. The molecule has 112 valence electrons. The zero-order chi connectivity index (χ0) is 15.8. The predicted octanol–water partition coefficient (Wildman–Crippen LogP) is 4.45. The quantitative estimate of drug-likeness (QED) is 0.909. The molecular formula is C15H14F3NO2. The maximum atomic E-state index is 12.8. The Labute approximate surface area is 119 Å². The maximum Gasteiger partial charge on any atom is 0.416 e. The number of carbonyl (C=O) groups is 1. The van der Waals surface area contributed by atoms with Crippen LogP contribution in [0.15, 0.2) is 36.7 Å². The van der Waals surface area contributed by atoms with Gasteiger partial charge in [-0.25, -0.2) is 4.79 Å². The summed E-state index contributed by atoms with van der Waals surface area (Å²) in [5.74, 6) is -1.16. The summed E-state index contributed by atoms with van der Waals surface area (Å²) in [5.41, 5.74) is -0.291. The van der Waals surface area contributed by atoms with Crippen LogP contribution in [0.2, 0.25) is 0 Å². The lowest BCUT2D eigenvalue weighted by Gasteiger charge is -2.09. The van der Waals surface area contributed by atoms with Crippen LogP contribution < -0.4 is 0 Å². The normalized spacial score (nSPS) is 11.9. The Morgan fingerprint density at radius 1 is 1.24 bits per heavy atom. The second-order valence-electron chi connectivity index (χ2n) is 5.01. The van der Waals surface area contributed by atoms with E-state index in [4.69, 9.17) is 0 Å². The third-order valence-corrected chi connectivity index (χ3v) is 3.17. The van der Waals surface area contributed by atoms with Gasteiger partial charge in [0, 0.05) is 24.0 Å². The summed E-state index contributed by atoms with van der Waals surface area (Å²) in [6, 6.07) is 4.69. The lowest BCUT2D eigenvalue weighted by atomic mass is 10.0. The van der Waals surface area contributed by atoms with Crippen molar-refractivity contribution in [2.45, 2.75) is 26.1 Å². The molecule has 1 N–H and O–H groups in total. The fourth-order valence-corrected chi connectivity index (χ4v) is 2.04. The first-order chi connectivity index (χ1) is 9.70. The number of aromatic nitrogens is 1. The molecule has 3 nitrogen and oxygen atoms in total. The molecule has 1 heterocycles. The van der Waals surface area contributed by atoms with Crippen molar-refractivity contribution in [3.8, 4) is 11.1 Å². The van der Waals surface area contributed by atoms with Gasteiger partial charge in [0.15, 0.2) is 0 Å². The van der Waals surface area contributed by atoms with Crippen LogP contribution >= 0.6 is 0 Å². The molecule has 0 bridgehead atoms. The molecule has 0 aliphatic heterocycles. The van der Waals surface area contributed by atoms with Gasteiger partial charge in [-0.05, 0) is 31.5 Å². The standard InChI is InChI=1S/C15H14F3NO2/c1-9(2)19-7-12(13(8-19)14(20)21)10-4-3-5-11(6-10)15(16,17)18/h3-9H,1-2H3,(H,20,21). The lowest BCUT2D eigenvalue weighted by Crippen LogP contribution is -2.04. The highest BCUT2D eigenvalue weighted by molar-refractivity contribution is 5.96. The van der Waals surface area contributed by atoms with Gasteiger partial charge in [-0.3, -0.25) is 0 Å². The lowest BCUT2D eigenvalue weighted by molar-refractivity contribution is -0.137. The third-order valence-electron chi connectivity index (χ3n) is 3.17. The molecule has 0 aliphatic rings. The molecule has 6 heteroatoms. The van der Waals surface area contributed by atoms with E-state index in [-0.39, 0.29) is 22.7 Å². The molecule has 0 unspecified atom stereocenters. The Morgan fingerprint density at radius 2 is 1.90 bits per heavy atom. The largest absolute Gasteiger partial charge is 0.478 e. The molecule has 0 radical (unpaired) electrons. The molecule has 0 amide bonds. The zero-order valence-electron chi connectivity index (χ0n) is 11.5. The first-order valence-electron chi connectivity index (χ1n) is 6.32. The van der Waals surface area contributed by atoms with Crippen LogP contribution in [0.5, 0.6) is 0 Å². The summed E-state index contributed by atoms with van der Waals surface area (Å²) < 4.78 is 39.9. The summed E-state index contributed by atoms with van der Waals surface area (Å²) >= 11 is 0. The van der Waals surface area contributed by atoms with Crippen molar-refractivity contribution in [2.75, 3.05) is 0 Å². The second-order valence-corrected chi connectivity index (χ2v) is 5.01. The van der Waals surface area contributed by atoms with Crippen molar-refractivity contribution >= 4 is 5.97 Å². The van der Waals surface area contributed by atoms with E-state index in [0.29, 0.717) is 0 Å². The summed E-state index contributed by atoms with van der Waals surface area (Å²) in [6.07, 6.45) is -1.47. The second kappa shape index (κ2) is 5.27. The number of carboxylic acid groups (broad SMARTS) is 1. The van der Waals surface area contributed by atoms with E-state index >= 15 is 0 Å². The van der Waals surface area contributed by atoms with Gasteiger partial charge in [0.05, 0.1) is 11.1 Å². The van der Waals surface area contributed by atoms with Crippen LogP contribution in [0.4, 0.5) is 13.2 Å². The molecular weight excluding hydrogens is 283 g/mol. The van der Waals surface area contributed by atoms with Gasteiger partial charge in [-0.2, -0.15) is 13.2 Å². The van der Waals surface area contributed by atoms with E-state index in [2.05, 4.69) is 0 Å². The highest BCUT2D eigenvalue weighted by Crippen LogP contribution is 2.33. The van der Waals surface area contributed by atoms with Crippen LogP contribution in [0.1, 0.15) is 35.8 Å². The number of hydrogen-bond donors (Lipinski definition) is 1. The van der Waals surface area contributed by atoms with Crippen molar-refractivity contribution in [3.63, 3.8) is 0 Å². The fourth-order valence-electron chi connectivity index (χ4n) is 2.04. The number of nitrogens with zero attached hydrogens (tertiary/aromatic N) is 1. The number of benzene rings is 1. The molecule has 0 atom stereocenters. The predicted molar refractivity (Wildman–Crippen MR) is 72.2 cm³/mol. The summed E-state index contributed by atoms with van der Waals surface area (Å²) in [4.78, 5) is 11.3. The van der Waals surface area contributed by atoms with Crippen LogP contribution in [-0.4, -0.2) is 15.6 Å². The summed E-state index contributed by atoms with van der Waals surface area (Å²) in [7, 11) is 0. The van der Waals surface area contributed by atoms with Crippen LogP contribution in [-0.2, 0) is 6.18 Å². The van der Waals surface area contributed by atoms with Gasteiger partial charge in [0.1, 0.15) is 0 Å². The van der Waals surface area contributed by atoms with E-state index in [0.717, 1.165) is 12.1 Å².